The smallest absolute Gasteiger partial charge is 0.160 e. The first-order valence-corrected chi connectivity index (χ1v) is 6.53. The molecule has 0 aromatic heterocycles. The summed E-state index contributed by atoms with van der Waals surface area (Å²) in [5.74, 6) is 6.76. The Balaban J connectivity index is 2.28. The lowest BCUT2D eigenvalue weighted by atomic mass is 9.80. The predicted molar refractivity (Wildman–Crippen MR) is 78.6 cm³/mol. The van der Waals surface area contributed by atoms with Crippen LogP contribution in [0.15, 0.2) is 53.6 Å². The molecule has 1 aromatic carbocycles. The molecular formula is C18H18O. The van der Waals surface area contributed by atoms with Gasteiger partial charge in [-0.2, -0.15) is 0 Å². The van der Waals surface area contributed by atoms with Crippen molar-refractivity contribution in [2.45, 2.75) is 26.7 Å². The van der Waals surface area contributed by atoms with Gasteiger partial charge in [-0.1, -0.05) is 42.2 Å². The van der Waals surface area contributed by atoms with Gasteiger partial charge in [0.25, 0.3) is 0 Å². The van der Waals surface area contributed by atoms with Crippen LogP contribution >= 0.6 is 0 Å². The van der Waals surface area contributed by atoms with Crippen LogP contribution in [0.2, 0.25) is 0 Å². The fraction of sp³-hybridized carbons (Fsp3) is 0.278. The van der Waals surface area contributed by atoms with Crippen molar-refractivity contribution in [1.82, 2.24) is 0 Å². The number of rotatable bonds is 1. The van der Waals surface area contributed by atoms with Crippen LogP contribution in [0.1, 0.15) is 32.3 Å². The second-order valence-electron chi connectivity index (χ2n) is 5.09. The maximum atomic E-state index is 12.0. The standard InChI is InChI=1S/C18H18O/c1-13(2)17-11-16(14(3)18(19)12-17)10-9-15-7-5-4-6-8-15/h4-8,17H,1,11-12H2,2-3H3/t17-/m1/s1. The van der Waals surface area contributed by atoms with Crippen molar-refractivity contribution in [2.24, 2.45) is 5.92 Å². The van der Waals surface area contributed by atoms with E-state index in [4.69, 9.17) is 0 Å². The topological polar surface area (TPSA) is 17.1 Å². The molecule has 0 fully saturated rings. The monoisotopic (exact) mass is 250 g/mol. The Kier molecular flexibility index (Phi) is 4.02. The number of ketones is 1. The molecule has 1 atom stereocenters. The fourth-order valence-corrected chi connectivity index (χ4v) is 2.18. The highest BCUT2D eigenvalue weighted by Gasteiger charge is 2.24. The van der Waals surface area contributed by atoms with E-state index < -0.39 is 0 Å². The first-order chi connectivity index (χ1) is 9.08. The van der Waals surface area contributed by atoms with Gasteiger partial charge in [0.2, 0.25) is 0 Å². The molecule has 1 heteroatoms. The van der Waals surface area contributed by atoms with E-state index in [1.807, 2.05) is 44.2 Å². The second-order valence-corrected chi connectivity index (χ2v) is 5.09. The van der Waals surface area contributed by atoms with Gasteiger partial charge in [-0.15, -0.1) is 0 Å². The Hall–Kier alpha value is -2.07. The molecule has 0 unspecified atom stereocenters. The summed E-state index contributed by atoms with van der Waals surface area (Å²) in [6.07, 6.45) is 1.42. The minimum absolute atomic E-state index is 0.205. The molecular weight excluding hydrogens is 232 g/mol. The van der Waals surface area contributed by atoms with Crippen molar-refractivity contribution in [2.75, 3.05) is 0 Å². The maximum absolute atomic E-state index is 12.0. The fourth-order valence-electron chi connectivity index (χ4n) is 2.18. The Bertz CT molecular complexity index is 594. The zero-order chi connectivity index (χ0) is 13.8. The van der Waals surface area contributed by atoms with Crippen molar-refractivity contribution in [3.8, 4) is 11.8 Å². The summed E-state index contributed by atoms with van der Waals surface area (Å²) in [6.45, 7) is 7.84. The van der Waals surface area contributed by atoms with Crippen molar-refractivity contribution in [3.63, 3.8) is 0 Å². The van der Waals surface area contributed by atoms with Gasteiger partial charge in [0, 0.05) is 23.1 Å². The normalized spacial score (nSPS) is 18.8. The van der Waals surface area contributed by atoms with Gasteiger partial charge in [-0.05, 0) is 38.3 Å². The largest absolute Gasteiger partial charge is 0.295 e. The lowest BCUT2D eigenvalue weighted by molar-refractivity contribution is -0.116. The predicted octanol–water partition coefficient (Wildman–Crippen LogP) is 3.91. The van der Waals surface area contributed by atoms with Gasteiger partial charge >= 0.3 is 0 Å². The summed E-state index contributed by atoms with van der Waals surface area (Å²) in [5, 5.41) is 0. The third-order valence-electron chi connectivity index (χ3n) is 3.58. The van der Waals surface area contributed by atoms with Crippen LogP contribution in [0.25, 0.3) is 0 Å². The minimum Gasteiger partial charge on any atom is -0.295 e. The van der Waals surface area contributed by atoms with E-state index in [2.05, 4.69) is 18.4 Å². The SMILES string of the molecule is C=C(C)[C@H]1CC(=O)C(C)=C(C#Cc2ccccc2)C1. The summed E-state index contributed by atoms with van der Waals surface area (Å²) in [7, 11) is 0. The molecule has 0 bridgehead atoms. The number of Topliss-reactive ketones (excluding diaryl/α,β-unsaturated/α-hetero) is 1. The van der Waals surface area contributed by atoms with Crippen molar-refractivity contribution >= 4 is 5.78 Å². The molecule has 0 radical (unpaired) electrons. The van der Waals surface area contributed by atoms with Crippen LogP contribution in [-0.4, -0.2) is 5.78 Å². The zero-order valence-electron chi connectivity index (χ0n) is 11.5. The third kappa shape index (κ3) is 3.23. The van der Waals surface area contributed by atoms with Gasteiger partial charge in [-0.3, -0.25) is 4.79 Å². The van der Waals surface area contributed by atoms with E-state index in [0.29, 0.717) is 6.42 Å². The molecule has 19 heavy (non-hydrogen) atoms. The van der Waals surface area contributed by atoms with Crippen LogP contribution in [0, 0.1) is 17.8 Å². The molecule has 0 N–H and O–H groups in total. The van der Waals surface area contributed by atoms with Gasteiger partial charge in [-0.25, -0.2) is 0 Å². The summed E-state index contributed by atoms with van der Waals surface area (Å²) < 4.78 is 0. The average molecular weight is 250 g/mol. The number of benzene rings is 1. The van der Waals surface area contributed by atoms with Gasteiger partial charge in [0.1, 0.15) is 0 Å². The van der Waals surface area contributed by atoms with E-state index in [1.165, 1.54) is 0 Å². The molecule has 1 aromatic rings. The molecule has 1 aliphatic rings. The van der Waals surface area contributed by atoms with Gasteiger partial charge in [0.05, 0.1) is 0 Å². The number of carbonyl (C=O) groups excluding carboxylic acids is 1. The molecule has 0 saturated heterocycles. The highest BCUT2D eigenvalue weighted by atomic mass is 16.1. The Morgan fingerprint density at radius 3 is 2.53 bits per heavy atom. The quantitative estimate of drug-likeness (QED) is 0.545. The Morgan fingerprint density at radius 2 is 1.89 bits per heavy atom. The molecule has 2 rings (SSSR count). The lowest BCUT2D eigenvalue weighted by Gasteiger charge is -2.22. The van der Waals surface area contributed by atoms with Crippen molar-refractivity contribution < 1.29 is 4.79 Å². The minimum atomic E-state index is 0.205. The highest BCUT2D eigenvalue weighted by molar-refractivity contribution is 5.97. The molecule has 0 saturated carbocycles. The summed E-state index contributed by atoms with van der Waals surface area (Å²) in [6, 6.07) is 9.85. The van der Waals surface area contributed by atoms with Crippen LogP contribution in [-0.2, 0) is 4.79 Å². The summed E-state index contributed by atoms with van der Waals surface area (Å²) >= 11 is 0. The molecule has 1 aliphatic carbocycles. The lowest BCUT2D eigenvalue weighted by Crippen LogP contribution is -2.18. The third-order valence-corrected chi connectivity index (χ3v) is 3.58. The van der Waals surface area contributed by atoms with Gasteiger partial charge in [0.15, 0.2) is 5.78 Å². The van der Waals surface area contributed by atoms with E-state index >= 15 is 0 Å². The Labute approximate surface area is 115 Å². The molecule has 0 amide bonds. The maximum Gasteiger partial charge on any atom is 0.160 e. The zero-order valence-corrected chi connectivity index (χ0v) is 11.5. The number of allylic oxidation sites excluding steroid dienone is 3. The van der Waals surface area contributed by atoms with Crippen LogP contribution in [0.5, 0.6) is 0 Å². The second kappa shape index (κ2) is 5.71. The number of hydrogen-bond donors (Lipinski definition) is 0. The molecule has 1 nitrogen and oxygen atoms in total. The van der Waals surface area contributed by atoms with E-state index in [0.717, 1.165) is 28.7 Å². The van der Waals surface area contributed by atoms with Crippen LogP contribution < -0.4 is 0 Å². The van der Waals surface area contributed by atoms with Crippen molar-refractivity contribution in [3.05, 3.63) is 59.2 Å². The molecule has 0 spiro atoms. The molecule has 0 heterocycles. The first kappa shape index (κ1) is 13.4. The highest BCUT2D eigenvalue weighted by Crippen LogP contribution is 2.30. The molecule has 0 aliphatic heterocycles. The van der Waals surface area contributed by atoms with Crippen molar-refractivity contribution in [1.29, 1.82) is 0 Å². The van der Waals surface area contributed by atoms with E-state index in [-0.39, 0.29) is 11.7 Å². The Morgan fingerprint density at radius 1 is 1.21 bits per heavy atom. The first-order valence-electron chi connectivity index (χ1n) is 6.53. The number of hydrogen-bond acceptors (Lipinski definition) is 1. The van der Waals surface area contributed by atoms with Crippen LogP contribution in [0.3, 0.4) is 0 Å². The molecule has 96 valence electrons. The van der Waals surface area contributed by atoms with Gasteiger partial charge < -0.3 is 0 Å². The summed E-state index contributed by atoms with van der Waals surface area (Å²) in [5.41, 5.74) is 3.83. The average Bonchev–Trinajstić information content (AvgIpc) is 2.41. The van der Waals surface area contributed by atoms with E-state index in [1.54, 1.807) is 0 Å². The number of carbonyl (C=O) groups is 1. The van der Waals surface area contributed by atoms with E-state index in [9.17, 15) is 4.79 Å². The van der Waals surface area contributed by atoms with Crippen LogP contribution in [0.4, 0.5) is 0 Å². The summed E-state index contributed by atoms with van der Waals surface area (Å²) in [4.78, 5) is 12.0.